The number of carbonyl (C=O) groups is 1. The van der Waals surface area contributed by atoms with Crippen LogP contribution in [0, 0.1) is 5.92 Å². The van der Waals surface area contributed by atoms with Crippen LogP contribution in [0.3, 0.4) is 0 Å². The van der Waals surface area contributed by atoms with Crippen molar-refractivity contribution in [3.8, 4) is 0 Å². The summed E-state index contributed by atoms with van der Waals surface area (Å²) in [5, 5.41) is 2.97. The largest absolute Gasteiger partial charge is 0.380 e. The highest BCUT2D eigenvalue weighted by atomic mass is 16.5. The molecule has 1 saturated carbocycles. The molecule has 0 spiro atoms. The Balaban J connectivity index is 2.09. The monoisotopic (exact) mass is 256 g/mol. The SMILES string of the molecule is CCOCC(C)NC(=O)CCC1CCC(N)CC1. The van der Waals surface area contributed by atoms with E-state index in [2.05, 4.69) is 5.32 Å². The number of nitrogens with two attached hydrogens (primary N) is 1. The smallest absolute Gasteiger partial charge is 0.220 e. The first kappa shape index (κ1) is 15.4. The molecule has 0 aromatic heterocycles. The van der Waals surface area contributed by atoms with Gasteiger partial charge >= 0.3 is 0 Å². The molecule has 1 amide bonds. The molecule has 0 aromatic rings. The molecule has 1 rings (SSSR count). The topological polar surface area (TPSA) is 64.3 Å². The first-order valence-corrected chi connectivity index (χ1v) is 7.24. The lowest BCUT2D eigenvalue weighted by Crippen LogP contribution is -2.36. The van der Waals surface area contributed by atoms with Crippen LogP contribution in [-0.4, -0.2) is 31.2 Å². The van der Waals surface area contributed by atoms with Gasteiger partial charge in [-0.05, 0) is 51.9 Å². The lowest BCUT2D eigenvalue weighted by atomic mass is 9.84. The zero-order valence-corrected chi connectivity index (χ0v) is 11.8. The van der Waals surface area contributed by atoms with Gasteiger partial charge < -0.3 is 15.8 Å². The van der Waals surface area contributed by atoms with Crippen molar-refractivity contribution < 1.29 is 9.53 Å². The molecule has 0 aromatic carbocycles. The standard InChI is InChI=1S/C14H28N2O2/c1-3-18-10-11(2)16-14(17)9-6-12-4-7-13(15)8-5-12/h11-13H,3-10,15H2,1-2H3,(H,16,17). The van der Waals surface area contributed by atoms with Crippen LogP contribution in [0.15, 0.2) is 0 Å². The fourth-order valence-corrected chi connectivity index (χ4v) is 2.50. The third-order valence-corrected chi connectivity index (χ3v) is 3.65. The van der Waals surface area contributed by atoms with Gasteiger partial charge in [-0.3, -0.25) is 4.79 Å². The molecular formula is C14H28N2O2. The molecule has 0 saturated heterocycles. The number of nitrogens with one attached hydrogen (secondary N) is 1. The molecule has 4 nitrogen and oxygen atoms in total. The van der Waals surface area contributed by atoms with E-state index in [0.29, 0.717) is 31.6 Å². The Kier molecular flexibility index (Phi) is 7.28. The maximum Gasteiger partial charge on any atom is 0.220 e. The molecule has 1 fully saturated rings. The maximum atomic E-state index is 11.7. The van der Waals surface area contributed by atoms with Crippen LogP contribution in [0.5, 0.6) is 0 Å². The van der Waals surface area contributed by atoms with Gasteiger partial charge in [-0.1, -0.05) is 0 Å². The summed E-state index contributed by atoms with van der Waals surface area (Å²) in [4.78, 5) is 11.7. The molecule has 106 valence electrons. The average molecular weight is 256 g/mol. The van der Waals surface area contributed by atoms with E-state index in [4.69, 9.17) is 10.5 Å². The first-order valence-electron chi connectivity index (χ1n) is 7.24. The minimum Gasteiger partial charge on any atom is -0.380 e. The average Bonchev–Trinajstić information content (AvgIpc) is 2.35. The Morgan fingerprint density at radius 2 is 2.06 bits per heavy atom. The van der Waals surface area contributed by atoms with Crippen LogP contribution in [0.25, 0.3) is 0 Å². The number of ether oxygens (including phenoxy) is 1. The zero-order chi connectivity index (χ0) is 13.4. The van der Waals surface area contributed by atoms with Crippen LogP contribution in [-0.2, 0) is 9.53 Å². The normalized spacial score (nSPS) is 25.7. The van der Waals surface area contributed by atoms with E-state index in [-0.39, 0.29) is 11.9 Å². The molecule has 18 heavy (non-hydrogen) atoms. The fourth-order valence-electron chi connectivity index (χ4n) is 2.50. The van der Waals surface area contributed by atoms with Crippen LogP contribution in [0.1, 0.15) is 52.4 Å². The van der Waals surface area contributed by atoms with E-state index in [9.17, 15) is 4.79 Å². The second-order valence-corrected chi connectivity index (χ2v) is 5.45. The summed E-state index contributed by atoms with van der Waals surface area (Å²) < 4.78 is 5.27. The van der Waals surface area contributed by atoms with Crippen LogP contribution < -0.4 is 11.1 Å². The molecule has 1 aliphatic rings. The lowest BCUT2D eigenvalue weighted by Gasteiger charge is -2.25. The summed E-state index contributed by atoms with van der Waals surface area (Å²) in [7, 11) is 0. The van der Waals surface area contributed by atoms with Gasteiger partial charge in [-0.15, -0.1) is 0 Å². The van der Waals surface area contributed by atoms with E-state index < -0.39 is 0 Å². The summed E-state index contributed by atoms with van der Waals surface area (Å²) in [6, 6.07) is 0.499. The molecule has 0 aliphatic heterocycles. The van der Waals surface area contributed by atoms with Crippen molar-refractivity contribution >= 4 is 5.91 Å². The molecule has 1 atom stereocenters. The van der Waals surface area contributed by atoms with Crippen LogP contribution in [0.4, 0.5) is 0 Å². The van der Waals surface area contributed by atoms with E-state index >= 15 is 0 Å². The number of amides is 1. The van der Waals surface area contributed by atoms with Gasteiger partial charge in [-0.25, -0.2) is 0 Å². The summed E-state index contributed by atoms with van der Waals surface area (Å²) in [5.41, 5.74) is 5.87. The summed E-state index contributed by atoms with van der Waals surface area (Å²) in [6.07, 6.45) is 6.24. The summed E-state index contributed by atoms with van der Waals surface area (Å²) in [6.45, 7) is 5.23. The van der Waals surface area contributed by atoms with Crippen molar-refractivity contribution in [2.45, 2.75) is 64.5 Å². The van der Waals surface area contributed by atoms with Crippen molar-refractivity contribution in [2.24, 2.45) is 11.7 Å². The minimum absolute atomic E-state index is 0.109. The van der Waals surface area contributed by atoms with Gasteiger partial charge in [0.2, 0.25) is 5.91 Å². The third-order valence-electron chi connectivity index (χ3n) is 3.65. The molecule has 0 bridgehead atoms. The van der Waals surface area contributed by atoms with Crippen molar-refractivity contribution in [1.82, 2.24) is 5.32 Å². The van der Waals surface area contributed by atoms with Gasteiger partial charge in [0.05, 0.1) is 6.61 Å². The Bertz CT molecular complexity index is 238. The molecule has 0 radical (unpaired) electrons. The van der Waals surface area contributed by atoms with E-state index in [1.54, 1.807) is 0 Å². The second kappa shape index (κ2) is 8.48. The number of rotatable bonds is 7. The fraction of sp³-hybridized carbons (Fsp3) is 0.929. The molecular weight excluding hydrogens is 228 g/mol. The van der Waals surface area contributed by atoms with Crippen molar-refractivity contribution in [3.05, 3.63) is 0 Å². The summed E-state index contributed by atoms with van der Waals surface area (Å²) >= 11 is 0. The number of hydrogen-bond acceptors (Lipinski definition) is 3. The highest BCUT2D eigenvalue weighted by molar-refractivity contribution is 5.76. The summed E-state index contributed by atoms with van der Waals surface area (Å²) in [5.74, 6) is 0.842. The number of hydrogen-bond donors (Lipinski definition) is 2. The molecule has 1 aliphatic carbocycles. The van der Waals surface area contributed by atoms with Crippen molar-refractivity contribution in [3.63, 3.8) is 0 Å². The highest BCUT2D eigenvalue weighted by Gasteiger charge is 2.19. The predicted molar refractivity (Wildman–Crippen MR) is 73.3 cm³/mol. The molecule has 0 heterocycles. The Hall–Kier alpha value is -0.610. The molecule has 3 N–H and O–H groups in total. The maximum absolute atomic E-state index is 11.7. The van der Waals surface area contributed by atoms with E-state index in [1.807, 2.05) is 13.8 Å². The van der Waals surface area contributed by atoms with Crippen molar-refractivity contribution in [1.29, 1.82) is 0 Å². The van der Waals surface area contributed by atoms with E-state index in [1.165, 1.54) is 12.8 Å². The molecule has 4 heteroatoms. The van der Waals surface area contributed by atoms with E-state index in [0.717, 1.165) is 19.3 Å². The Morgan fingerprint density at radius 1 is 1.39 bits per heavy atom. The van der Waals surface area contributed by atoms with Crippen molar-refractivity contribution in [2.75, 3.05) is 13.2 Å². The molecule has 1 unspecified atom stereocenters. The number of carbonyl (C=O) groups excluding carboxylic acids is 1. The zero-order valence-electron chi connectivity index (χ0n) is 11.8. The van der Waals surface area contributed by atoms with Gasteiger partial charge in [0, 0.05) is 25.1 Å². The van der Waals surface area contributed by atoms with Gasteiger partial charge in [0.1, 0.15) is 0 Å². The lowest BCUT2D eigenvalue weighted by molar-refractivity contribution is -0.122. The first-order chi connectivity index (χ1) is 8.61. The Morgan fingerprint density at radius 3 is 2.67 bits per heavy atom. The Labute approximate surface area is 111 Å². The quantitative estimate of drug-likeness (QED) is 0.730. The highest BCUT2D eigenvalue weighted by Crippen LogP contribution is 2.26. The van der Waals surface area contributed by atoms with Gasteiger partial charge in [-0.2, -0.15) is 0 Å². The van der Waals surface area contributed by atoms with Gasteiger partial charge in [0.15, 0.2) is 0 Å². The van der Waals surface area contributed by atoms with Crippen LogP contribution >= 0.6 is 0 Å². The van der Waals surface area contributed by atoms with Crippen LogP contribution in [0.2, 0.25) is 0 Å². The second-order valence-electron chi connectivity index (χ2n) is 5.45. The predicted octanol–water partition coefficient (Wildman–Crippen LogP) is 1.83. The minimum atomic E-state index is 0.109. The third kappa shape index (κ3) is 6.36. The van der Waals surface area contributed by atoms with Gasteiger partial charge in [0.25, 0.3) is 0 Å².